The van der Waals surface area contributed by atoms with E-state index in [0.717, 1.165) is 16.8 Å². The third-order valence-electron chi connectivity index (χ3n) is 3.93. The minimum Gasteiger partial charge on any atom is -0.354 e. The maximum atomic E-state index is 12.7. The second-order valence-electron chi connectivity index (χ2n) is 5.30. The lowest BCUT2D eigenvalue weighted by Crippen LogP contribution is -2.34. The third-order valence-corrected chi connectivity index (χ3v) is 3.93. The summed E-state index contributed by atoms with van der Waals surface area (Å²) in [4.78, 5) is 14.5. The fourth-order valence-corrected chi connectivity index (χ4v) is 2.73. The van der Waals surface area contributed by atoms with E-state index in [2.05, 4.69) is 0 Å². The monoisotopic (exact) mass is 309 g/mol. The summed E-state index contributed by atoms with van der Waals surface area (Å²) in [5.41, 5.74) is 3.56. The molecule has 0 saturated heterocycles. The fourth-order valence-electron chi connectivity index (χ4n) is 2.73. The van der Waals surface area contributed by atoms with Crippen molar-refractivity contribution in [3.05, 3.63) is 71.3 Å². The van der Waals surface area contributed by atoms with Gasteiger partial charge in [-0.1, -0.05) is 48.5 Å². The van der Waals surface area contributed by atoms with Crippen LogP contribution in [0.2, 0.25) is 0 Å². The Hall–Kier alpha value is -2.43. The highest BCUT2D eigenvalue weighted by Gasteiger charge is 2.33. The molecule has 118 valence electrons. The molecular formula is C19H19NO3. The van der Waals surface area contributed by atoms with E-state index in [1.54, 1.807) is 19.1 Å². The fraction of sp³-hybridized carbons (Fsp3) is 0.211. The first kappa shape index (κ1) is 15.5. The molecule has 1 heterocycles. The van der Waals surface area contributed by atoms with E-state index in [4.69, 9.17) is 9.47 Å². The molecule has 0 atom stereocenters. The van der Waals surface area contributed by atoms with Crippen molar-refractivity contribution in [3.63, 3.8) is 0 Å². The summed E-state index contributed by atoms with van der Waals surface area (Å²) in [5, 5.41) is 0. The number of nitrogens with zero attached hydrogens (tertiary/aromatic N) is 1. The predicted molar refractivity (Wildman–Crippen MR) is 89.6 cm³/mol. The molecule has 1 aliphatic rings. The van der Waals surface area contributed by atoms with Crippen LogP contribution in [-0.4, -0.2) is 37.9 Å². The van der Waals surface area contributed by atoms with Crippen LogP contribution in [-0.2, 0) is 9.47 Å². The summed E-state index contributed by atoms with van der Waals surface area (Å²) in [6.45, 7) is 0.346. The van der Waals surface area contributed by atoms with E-state index in [1.807, 2.05) is 60.7 Å². The quantitative estimate of drug-likeness (QED) is 0.796. The zero-order chi connectivity index (χ0) is 16.2. The zero-order valence-corrected chi connectivity index (χ0v) is 13.2. The summed E-state index contributed by atoms with van der Waals surface area (Å²) < 4.78 is 10.5. The highest BCUT2D eigenvalue weighted by Crippen LogP contribution is 2.34. The summed E-state index contributed by atoms with van der Waals surface area (Å²) >= 11 is 0. The topological polar surface area (TPSA) is 38.8 Å². The van der Waals surface area contributed by atoms with Gasteiger partial charge in [-0.25, -0.2) is 0 Å². The number of carbonyl (C=O) groups is 1. The van der Waals surface area contributed by atoms with Gasteiger partial charge in [0.05, 0.1) is 12.2 Å². The normalized spacial score (nSPS) is 15.5. The number of ether oxygens (including phenoxy) is 2. The second-order valence-corrected chi connectivity index (χ2v) is 5.30. The molecule has 3 rings (SSSR count). The van der Waals surface area contributed by atoms with Crippen molar-refractivity contribution < 1.29 is 14.3 Å². The molecule has 2 aromatic rings. The second kappa shape index (κ2) is 6.77. The summed E-state index contributed by atoms with van der Waals surface area (Å²) in [6, 6.07) is 17.6. The Balaban J connectivity index is 2.04. The Morgan fingerprint density at radius 1 is 0.957 bits per heavy atom. The Morgan fingerprint density at radius 3 is 2.22 bits per heavy atom. The van der Waals surface area contributed by atoms with Crippen LogP contribution in [0.4, 0.5) is 0 Å². The standard InChI is InChI=1S/C19H19NO3/c1-22-18(23-2)13-20-17(12-14-8-4-3-5-9-14)15-10-6-7-11-16(15)19(20)21/h3-12,18H,13H2,1-2H3/b17-12+. The molecule has 0 fully saturated rings. The summed E-state index contributed by atoms with van der Waals surface area (Å²) in [7, 11) is 3.14. The van der Waals surface area contributed by atoms with Gasteiger partial charge in [0.25, 0.3) is 5.91 Å². The van der Waals surface area contributed by atoms with Gasteiger partial charge in [-0.3, -0.25) is 4.79 Å². The van der Waals surface area contributed by atoms with Crippen LogP contribution < -0.4 is 0 Å². The number of hydrogen-bond acceptors (Lipinski definition) is 3. The predicted octanol–water partition coefficient (Wildman–Crippen LogP) is 3.26. The molecule has 1 aliphatic heterocycles. The number of methoxy groups -OCH3 is 2. The third kappa shape index (κ3) is 3.04. The molecule has 23 heavy (non-hydrogen) atoms. The van der Waals surface area contributed by atoms with Crippen molar-refractivity contribution in [3.8, 4) is 0 Å². The first-order valence-electron chi connectivity index (χ1n) is 7.48. The van der Waals surface area contributed by atoms with Gasteiger partial charge < -0.3 is 14.4 Å². The number of carbonyl (C=O) groups excluding carboxylic acids is 1. The van der Waals surface area contributed by atoms with Crippen LogP contribution in [0.5, 0.6) is 0 Å². The number of hydrogen-bond donors (Lipinski definition) is 0. The van der Waals surface area contributed by atoms with Crippen LogP contribution >= 0.6 is 0 Å². The molecule has 0 bridgehead atoms. The van der Waals surface area contributed by atoms with Gasteiger partial charge in [0.2, 0.25) is 0 Å². The lowest BCUT2D eigenvalue weighted by molar-refractivity contribution is -0.107. The average Bonchev–Trinajstić information content (AvgIpc) is 2.86. The van der Waals surface area contributed by atoms with E-state index >= 15 is 0 Å². The molecule has 2 aromatic carbocycles. The van der Waals surface area contributed by atoms with Gasteiger partial charge in [-0.2, -0.15) is 0 Å². The summed E-state index contributed by atoms with van der Waals surface area (Å²) in [5.74, 6) is -0.0260. The van der Waals surface area contributed by atoms with Crippen LogP contribution in [0.3, 0.4) is 0 Å². The Bertz CT molecular complexity index is 720. The molecule has 0 aliphatic carbocycles. The van der Waals surface area contributed by atoms with Crippen LogP contribution in [0.1, 0.15) is 21.5 Å². The van der Waals surface area contributed by atoms with E-state index < -0.39 is 6.29 Å². The highest BCUT2D eigenvalue weighted by molar-refractivity contribution is 6.11. The van der Waals surface area contributed by atoms with Crippen molar-refractivity contribution in [1.29, 1.82) is 0 Å². The van der Waals surface area contributed by atoms with Gasteiger partial charge in [-0.15, -0.1) is 0 Å². The molecule has 0 saturated carbocycles. The van der Waals surface area contributed by atoms with Crippen molar-refractivity contribution in [1.82, 2.24) is 4.90 Å². The molecule has 0 aromatic heterocycles. The van der Waals surface area contributed by atoms with Crippen LogP contribution in [0.25, 0.3) is 11.8 Å². The maximum Gasteiger partial charge on any atom is 0.259 e. The first-order valence-corrected chi connectivity index (χ1v) is 7.48. The number of fused-ring (bicyclic) bond motifs is 1. The van der Waals surface area contributed by atoms with Gasteiger partial charge in [0.15, 0.2) is 6.29 Å². The van der Waals surface area contributed by atoms with E-state index in [0.29, 0.717) is 12.1 Å². The van der Waals surface area contributed by atoms with Gasteiger partial charge in [0.1, 0.15) is 0 Å². The smallest absolute Gasteiger partial charge is 0.259 e. The number of benzene rings is 2. The maximum absolute atomic E-state index is 12.7. The molecule has 0 unspecified atom stereocenters. The zero-order valence-electron chi connectivity index (χ0n) is 13.2. The van der Waals surface area contributed by atoms with Crippen LogP contribution in [0, 0.1) is 0 Å². The highest BCUT2D eigenvalue weighted by atomic mass is 16.7. The molecule has 0 radical (unpaired) electrons. The number of rotatable bonds is 5. The van der Waals surface area contributed by atoms with Gasteiger partial charge >= 0.3 is 0 Å². The van der Waals surface area contributed by atoms with Crippen molar-refractivity contribution in [2.24, 2.45) is 0 Å². The molecular weight excluding hydrogens is 290 g/mol. The first-order chi connectivity index (χ1) is 11.2. The molecule has 1 amide bonds. The lowest BCUT2D eigenvalue weighted by atomic mass is 10.1. The summed E-state index contributed by atoms with van der Waals surface area (Å²) in [6.07, 6.45) is 1.55. The van der Waals surface area contributed by atoms with Crippen LogP contribution in [0.15, 0.2) is 54.6 Å². The van der Waals surface area contributed by atoms with Gasteiger partial charge in [-0.05, 0) is 17.7 Å². The minimum atomic E-state index is -0.465. The van der Waals surface area contributed by atoms with E-state index in [9.17, 15) is 4.79 Å². The minimum absolute atomic E-state index is 0.0260. The Kier molecular flexibility index (Phi) is 4.55. The molecule has 0 spiro atoms. The largest absolute Gasteiger partial charge is 0.354 e. The Labute approximate surface area is 135 Å². The molecule has 4 heteroatoms. The van der Waals surface area contributed by atoms with Gasteiger partial charge in [0, 0.05) is 25.3 Å². The molecule has 4 nitrogen and oxygen atoms in total. The number of amides is 1. The average molecular weight is 309 g/mol. The lowest BCUT2D eigenvalue weighted by Gasteiger charge is -2.23. The van der Waals surface area contributed by atoms with Crippen molar-refractivity contribution in [2.45, 2.75) is 6.29 Å². The van der Waals surface area contributed by atoms with E-state index in [1.165, 1.54) is 0 Å². The SMILES string of the molecule is COC(CN1C(=O)c2ccccc2/C1=C\c1ccccc1)OC. The van der Waals surface area contributed by atoms with Crippen molar-refractivity contribution >= 4 is 17.7 Å². The molecule has 0 N–H and O–H groups in total. The van der Waals surface area contributed by atoms with E-state index in [-0.39, 0.29) is 5.91 Å². The Morgan fingerprint density at radius 2 is 1.57 bits per heavy atom. The van der Waals surface area contributed by atoms with Crippen molar-refractivity contribution in [2.75, 3.05) is 20.8 Å².